The van der Waals surface area contributed by atoms with Crippen LogP contribution in [0.4, 0.5) is 8.78 Å². The molecule has 0 spiro atoms. The number of piperidine rings is 1. The van der Waals surface area contributed by atoms with Gasteiger partial charge in [-0.05, 0) is 43.2 Å². The van der Waals surface area contributed by atoms with Crippen LogP contribution in [0.25, 0.3) is 0 Å². The minimum absolute atomic E-state index is 0.221. The van der Waals surface area contributed by atoms with Crippen LogP contribution in [0.2, 0.25) is 0 Å². The van der Waals surface area contributed by atoms with Gasteiger partial charge in [-0.25, -0.2) is 13.6 Å². The SMILES string of the molecule is O=C(O)[C@@H]1CCCCN1C(=O)[C@@H]1C[C@@H]1c1ccc(F)cc1F. The van der Waals surface area contributed by atoms with Crippen molar-refractivity contribution in [1.82, 2.24) is 4.90 Å². The highest BCUT2D eigenvalue weighted by atomic mass is 19.1. The second kappa shape index (κ2) is 5.66. The fraction of sp³-hybridized carbons (Fsp3) is 0.500. The highest BCUT2D eigenvalue weighted by Gasteiger charge is 2.49. The van der Waals surface area contributed by atoms with Crippen molar-refractivity contribution in [3.8, 4) is 0 Å². The number of nitrogens with zero attached hydrogens (tertiary/aromatic N) is 1. The summed E-state index contributed by atoms with van der Waals surface area (Å²) in [4.78, 5) is 25.2. The molecular formula is C16H17F2NO3. The Hall–Kier alpha value is -1.98. The van der Waals surface area contributed by atoms with Gasteiger partial charge in [-0.1, -0.05) is 6.07 Å². The smallest absolute Gasteiger partial charge is 0.326 e. The molecule has 22 heavy (non-hydrogen) atoms. The maximum Gasteiger partial charge on any atom is 0.326 e. The average molecular weight is 309 g/mol. The first-order valence-electron chi connectivity index (χ1n) is 7.47. The monoisotopic (exact) mass is 309 g/mol. The van der Waals surface area contributed by atoms with Crippen molar-refractivity contribution in [2.24, 2.45) is 5.92 Å². The Balaban J connectivity index is 1.73. The molecule has 1 heterocycles. The first kappa shape index (κ1) is 14.9. The predicted octanol–water partition coefficient (Wildman–Crippen LogP) is 2.53. The Morgan fingerprint density at radius 1 is 1.23 bits per heavy atom. The number of hydrogen-bond donors (Lipinski definition) is 1. The molecule has 1 amide bonds. The van der Waals surface area contributed by atoms with Crippen LogP contribution in [-0.4, -0.2) is 34.5 Å². The first-order chi connectivity index (χ1) is 10.5. The lowest BCUT2D eigenvalue weighted by molar-refractivity contribution is -0.152. The molecule has 1 saturated heterocycles. The number of hydrogen-bond acceptors (Lipinski definition) is 2. The standard InChI is InChI=1S/C16H17F2NO3/c17-9-4-5-10(13(18)7-9)11-8-12(11)15(20)19-6-2-1-3-14(19)16(21)22/h4-5,7,11-12,14H,1-3,6,8H2,(H,21,22)/t11-,12-,14+/m1/s1. The molecule has 0 bridgehead atoms. The molecule has 3 atom stereocenters. The number of aliphatic carboxylic acids is 1. The normalized spacial score (nSPS) is 27.5. The molecule has 6 heteroatoms. The maximum atomic E-state index is 13.8. The molecule has 1 saturated carbocycles. The first-order valence-corrected chi connectivity index (χ1v) is 7.47. The Morgan fingerprint density at radius 2 is 2.00 bits per heavy atom. The van der Waals surface area contributed by atoms with Crippen molar-refractivity contribution in [1.29, 1.82) is 0 Å². The Morgan fingerprint density at radius 3 is 2.68 bits per heavy atom. The highest BCUT2D eigenvalue weighted by molar-refractivity contribution is 5.87. The van der Waals surface area contributed by atoms with E-state index in [1.54, 1.807) is 0 Å². The van der Waals surface area contributed by atoms with Gasteiger partial charge in [-0.15, -0.1) is 0 Å². The number of carboxylic acid groups (broad SMARTS) is 1. The molecule has 1 aliphatic heterocycles. The van der Waals surface area contributed by atoms with Gasteiger partial charge in [0.15, 0.2) is 0 Å². The lowest BCUT2D eigenvalue weighted by atomic mass is 10.0. The van der Waals surface area contributed by atoms with Crippen molar-refractivity contribution in [2.45, 2.75) is 37.6 Å². The van der Waals surface area contributed by atoms with Gasteiger partial charge in [-0.3, -0.25) is 4.79 Å². The zero-order valence-electron chi connectivity index (χ0n) is 12.0. The quantitative estimate of drug-likeness (QED) is 0.933. The molecular weight excluding hydrogens is 292 g/mol. The molecule has 1 aromatic rings. The topological polar surface area (TPSA) is 57.6 Å². The van der Waals surface area contributed by atoms with Gasteiger partial charge in [-0.2, -0.15) is 0 Å². The van der Waals surface area contributed by atoms with E-state index in [2.05, 4.69) is 0 Å². The van der Waals surface area contributed by atoms with E-state index in [4.69, 9.17) is 0 Å². The summed E-state index contributed by atoms with van der Waals surface area (Å²) in [5.74, 6) is -3.16. The molecule has 3 rings (SSSR count). The summed E-state index contributed by atoms with van der Waals surface area (Å²) < 4.78 is 26.7. The average Bonchev–Trinajstić information content (AvgIpc) is 3.26. The van der Waals surface area contributed by atoms with Crippen LogP contribution in [0.1, 0.15) is 37.2 Å². The number of carboxylic acids is 1. The van der Waals surface area contributed by atoms with Crippen molar-refractivity contribution < 1.29 is 23.5 Å². The second-order valence-electron chi connectivity index (χ2n) is 6.00. The molecule has 1 N–H and O–H groups in total. The minimum atomic E-state index is -0.988. The zero-order valence-corrected chi connectivity index (χ0v) is 12.0. The largest absolute Gasteiger partial charge is 0.480 e. The Bertz CT molecular complexity index is 619. The number of carbonyl (C=O) groups excluding carboxylic acids is 1. The Kier molecular flexibility index (Phi) is 3.85. The lowest BCUT2D eigenvalue weighted by Gasteiger charge is -2.33. The minimum Gasteiger partial charge on any atom is -0.480 e. The summed E-state index contributed by atoms with van der Waals surface area (Å²) in [5.41, 5.74) is 0.337. The van der Waals surface area contributed by atoms with Crippen LogP contribution < -0.4 is 0 Å². The number of rotatable bonds is 3. The number of amides is 1. The predicted molar refractivity (Wildman–Crippen MR) is 74.2 cm³/mol. The fourth-order valence-corrected chi connectivity index (χ4v) is 3.28. The van der Waals surface area contributed by atoms with Crippen molar-refractivity contribution in [2.75, 3.05) is 6.54 Å². The third-order valence-corrected chi connectivity index (χ3v) is 4.54. The van der Waals surface area contributed by atoms with Gasteiger partial charge in [0.1, 0.15) is 17.7 Å². The highest BCUT2D eigenvalue weighted by Crippen LogP contribution is 2.49. The summed E-state index contributed by atoms with van der Waals surface area (Å²) in [6.45, 7) is 0.435. The van der Waals surface area contributed by atoms with E-state index < -0.39 is 23.6 Å². The Labute approximate surface area is 126 Å². The summed E-state index contributed by atoms with van der Waals surface area (Å²) in [6, 6.07) is 2.59. The second-order valence-corrected chi connectivity index (χ2v) is 6.00. The van der Waals surface area contributed by atoms with Crippen molar-refractivity contribution in [3.05, 3.63) is 35.4 Å². The van der Waals surface area contributed by atoms with Crippen LogP contribution >= 0.6 is 0 Å². The van der Waals surface area contributed by atoms with Gasteiger partial charge in [0.25, 0.3) is 0 Å². The molecule has 118 valence electrons. The molecule has 1 aromatic carbocycles. The fourth-order valence-electron chi connectivity index (χ4n) is 3.28. The van der Waals surface area contributed by atoms with Gasteiger partial charge in [0.05, 0.1) is 0 Å². The number of likely N-dealkylation sites (tertiary alicyclic amines) is 1. The third-order valence-electron chi connectivity index (χ3n) is 4.54. The summed E-state index contributed by atoms with van der Waals surface area (Å²) >= 11 is 0. The van der Waals surface area contributed by atoms with Crippen LogP contribution in [0.5, 0.6) is 0 Å². The van der Waals surface area contributed by atoms with Crippen LogP contribution in [-0.2, 0) is 9.59 Å². The van der Waals surface area contributed by atoms with E-state index in [1.807, 2.05) is 0 Å². The van der Waals surface area contributed by atoms with Crippen molar-refractivity contribution >= 4 is 11.9 Å². The van der Waals surface area contributed by atoms with E-state index >= 15 is 0 Å². The van der Waals surface area contributed by atoms with E-state index in [0.29, 0.717) is 24.9 Å². The van der Waals surface area contributed by atoms with Gasteiger partial charge >= 0.3 is 5.97 Å². The van der Waals surface area contributed by atoms with Gasteiger partial charge in [0, 0.05) is 18.5 Å². The molecule has 2 aliphatic rings. The third kappa shape index (κ3) is 2.69. The molecule has 2 fully saturated rings. The van der Waals surface area contributed by atoms with Gasteiger partial charge < -0.3 is 10.0 Å². The number of benzene rings is 1. The van der Waals surface area contributed by atoms with E-state index in [1.165, 1.54) is 17.0 Å². The summed E-state index contributed by atoms with van der Waals surface area (Å²) in [7, 11) is 0. The van der Waals surface area contributed by atoms with Crippen LogP contribution in [0.3, 0.4) is 0 Å². The van der Waals surface area contributed by atoms with E-state index in [9.17, 15) is 23.5 Å². The van der Waals surface area contributed by atoms with Gasteiger partial charge in [0.2, 0.25) is 5.91 Å². The summed E-state index contributed by atoms with van der Waals surface area (Å²) in [6.07, 6.45) is 2.53. The molecule has 0 unspecified atom stereocenters. The van der Waals surface area contributed by atoms with Crippen LogP contribution in [0.15, 0.2) is 18.2 Å². The van der Waals surface area contributed by atoms with Crippen LogP contribution in [0, 0.1) is 17.6 Å². The van der Waals surface area contributed by atoms with E-state index in [0.717, 1.165) is 18.9 Å². The molecule has 0 radical (unpaired) electrons. The lowest BCUT2D eigenvalue weighted by Crippen LogP contribution is -2.48. The van der Waals surface area contributed by atoms with Crippen molar-refractivity contribution in [3.63, 3.8) is 0 Å². The zero-order chi connectivity index (χ0) is 15.9. The molecule has 0 aromatic heterocycles. The maximum absolute atomic E-state index is 13.8. The molecule has 4 nitrogen and oxygen atoms in total. The summed E-state index contributed by atoms with van der Waals surface area (Å²) in [5, 5.41) is 9.22. The molecule has 1 aliphatic carbocycles. The number of carbonyl (C=O) groups is 2. The van der Waals surface area contributed by atoms with E-state index in [-0.39, 0.29) is 17.7 Å². The number of halogens is 2.